The van der Waals surface area contributed by atoms with E-state index in [1.54, 1.807) is 19.2 Å². The summed E-state index contributed by atoms with van der Waals surface area (Å²) >= 11 is 0. The Hall–Kier alpha value is -2.98. The van der Waals surface area contributed by atoms with Gasteiger partial charge in [0.1, 0.15) is 12.4 Å². The zero-order valence-corrected chi connectivity index (χ0v) is 17.5. The van der Waals surface area contributed by atoms with Crippen molar-refractivity contribution in [1.82, 2.24) is 5.32 Å². The molecule has 0 atom stereocenters. The molecule has 2 amide bonds. The average Bonchev–Trinajstić information content (AvgIpc) is 2.69. The molecular formula is C20H24FN3O5S. The number of amides is 2. The summed E-state index contributed by atoms with van der Waals surface area (Å²) < 4.78 is 43.9. The maximum atomic E-state index is 14.1. The third kappa shape index (κ3) is 6.53. The lowest BCUT2D eigenvalue weighted by Crippen LogP contribution is -2.38. The highest BCUT2D eigenvalue weighted by molar-refractivity contribution is 7.92. The molecule has 0 aliphatic carbocycles. The standard InChI is InChI=1S/C20H24FN3O5S/c1-29-13-7-12-22-20(26)15-8-3-5-10-17(15)23-19(25)14-24(30(2,27)28)18-11-6-4-9-16(18)21/h3-6,8-11H,7,12-14H2,1-2H3,(H,22,26)(H,23,25). The second-order valence-electron chi connectivity index (χ2n) is 6.42. The summed E-state index contributed by atoms with van der Waals surface area (Å²) in [6.45, 7) is 0.240. The van der Waals surface area contributed by atoms with Crippen LogP contribution in [0.15, 0.2) is 48.5 Å². The molecule has 0 fully saturated rings. The smallest absolute Gasteiger partial charge is 0.253 e. The van der Waals surface area contributed by atoms with Gasteiger partial charge >= 0.3 is 0 Å². The van der Waals surface area contributed by atoms with Gasteiger partial charge in [-0.05, 0) is 30.7 Å². The molecule has 0 bridgehead atoms. The Kier molecular flexibility index (Phi) is 8.31. The number of halogens is 1. The zero-order chi connectivity index (χ0) is 22.1. The van der Waals surface area contributed by atoms with Gasteiger partial charge in [0, 0.05) is 20.3 Å². The third-order valence-electron chi connectivity index (χ3n) is 4.07. The largest absolute Gasteiger partial charge is 0.385 e. The molecule has 0 aliphatic rings. The summed E-state index contributed by atoms with van der Waals surface area (Å²) in [6, 6.07) is 11.6. The molecule has 2 aromatic carbocycles. The molecule has 0 saturated heterocycles. The summed E-state index contributed by atoms with van der Waals surface area (Å²) in [5.41, 5.74) is 0.202. The lowest BCUT2D eigenvalue weighted by atomic mass is 10.1. The Bertz CT molecular complexity index is 997. The number of nitrogens with zero attached hydrogens (tertiary/aromatic N) is 1. The van der Waals surface area contributed by atoms with Gasteiger partial charge in [-0.2, -0.15) is 0 Å². The number of benzene rings is 2. The highest BCUT2D eigenvalue weighted by atomic mass is 32.2. The number of rotatable bonds is 10. The molecule has 2 N–H and O–H groups in total. The summed E-state index contributed by atoms with van der Waals surface area (Å²) in [5.74, 6) is -1.88. The number of sulfonamides is 1. The number of carbonyl (C=O) groups is 2. The third-order valence-corrected chi connectivity index (χ3v) is 5.19. The normalized spacial score (nSPS) is 11.0. The molecule has 0 saturated carbocycles. The molecule has 10 heteroatoms. The number of anilines is 2. The van der Waals surface area contributed by atoms with Crippen LogP contribution in [-0.4, -0.2) is 53.3 Å². The molecule has 0 unspecified atom stereocenters. The summed E-state index contributed by atoms with van der Waals surface area (Å²) in [6.07, 6.45) is 1.51. The Labute approximate surface area is 175 Å². The minimum atomic E-state index is -3.93. The fourth-order valence-corrected chi connectivity index (χ4v) is 3.52. The van der Waals surface area contributed by atoms with Gasteiger partial charge in [0.05, 0.1) is 23.2 Å². The minimum Gasteiger partial charge on any atom is -0.385 e. The van der Waals surface area contributed by atoms with E-state index in [0.717, 1.165) is 12.3 Å². The van der Waals surface area contributed by atoms with Gasteiger partial charge in [0.15, 0.2) is 0 Å². The Morgan fingerprint density at radius 3 is 2.43 bits per heavy atom. The molecule has 2 aromatic rings. The molecule has 30 heavy (non-hydrogen) atoms. The van der Waals surface area contributed by atoms with E-state index in [1.165, 1.54) is 30.3 Å². The van der Waals surface area contributed by atoms with Crippen molar-refractivity contribution in [3.8, 4) is 0 Å². The highest BCUT2D eigenvalue weighted by Crippen LogP contribution is 2.22. The van der Waals surface area contributed by atoms with Gasteiger partial charge < -0.3 is 15.4 Å². The number of hydrogen-bond donors (Lipinski definition) is 2. The first-order valence-electron chi connectivity index (χ1n) is 9.12. The van der Waals surface area contributed by atoms with Crippen LogP contribution in [0.5, 0.6) is 0 Å². The highest BCUT2D eigenvalue weighted by Gasteiger charge is 2.24. The Balaban J connectivity index is 2.15. The number of methoxy groups -OCH3 is 1. The molecule has 0 spiro atoms. The molecule has 0 aromatic heterocycles. The van der Waals surface area contributed by atoms with Crippen molar-refractivity contribution in [1.29, 1.82) is 0 Å². The predicted molar refractivity (Wildman–Crippen MR) is 112 cm³/mol. The van der Waals surface area contributed by atoms with Crippen LogP contribution in [0.25, 0.3) is 0 Å². The van der Waals surface area contributed by atoms with Gasteiger partial charge in [-0.15, -0.1) is 0 Å². The average molecular weight is 437 g/mol. The molecule has 0 radical (unpaired) electrons. The molecule has 2 rings (SSSR count). The zero-order valence-electron chi connectivity index (χ0n) is 16.7. The van der Waals surface area contributed by atoms with E-state index < -0.39 is 34.2 Å². The lowest BCUT2D eigenvalue weighted by molar-refractivity contribution is -0.114. The second-order valence-corrected chi connectivity index (χ2v) is 8.32. The van der Waals surface area contributed by atoms with Crippen LogP contribution >= 0.6 is 0 Å². The number of carbonyl (C=O) groups excluding carboxylic acids is 2. The molecule has 0 heterocycles. The van der Waals surface area contributed by atoms with Crippen molar-refractivity contribution < 1.29 is 27.1 Å². The number of para-hydroxylation sites is 2. The van der Waals surface area contributed by atoms with Crippen LogP contribution in [0.2, 0.25) is 0 Å². The van der Waals surface area contributed by atoms with Crippen molar-refractivity contribution in [3.05, 3.63) is 59.9 Å². The van der Waals surface area contributed by atoms with Crippen LogP contribution in [0.1, 0.15) is 16.8 Å². The van der Waals surface area contributed by atoms with Crippen LogP contribution in [0, 0.1) is 5.82 Å². The maximum Gasteiger partial charge on any atom is 0.253 e. The first kappa shape index (κ1) is 23.3. The van der Waals surface area contributed by atoms with Gasteiger partial charge in [-0.25, -0.2) is 12.8 Å². The van der Waals surface area contributed by atoms with Gasteiger partial charge in [0.25, 0.3) is 5.91 Å². The number of ether oxygens (including phenoxy) is 1. The minimum absolute atomic E-state index is 0.216. The van der Waals surface area contributed by atoms with Crippen LogP contribution in [0.4, 0.5) is 15.8 Å². The van der Waals surface area contributed by atoms with Gasteiger partial charge in [-0.3, -0.25) is 13.9 Å². The Morgan fingerprint density at radius 2 is 1.77 bits per heavy atom. The fraction of sp³-hybridized carbons (Fsp3) is 0.300. The predicted octanol–water partition coefficient (Wildman–Crippen LogP) is 2.00. The quantitative estimate of drug-likeness (QED) is 0.553. The topological polar surface area (TPSA) is 105 Å². The molecular weight excluding hydrogens is 413 g/mol. The summed E-state index contributed by atoms with van der Waals surface area (Å²) in [4.78, 5) is 24.9. The van der Waals surface area contributed by atoms with Gasteiger partial charge in [-0.1, -0.05) is 24.3 Å². The Morgan fingerprint density at radius 1 is 1.10 bits per heavy atom. The number of nitrogens with one attached hydrogen (secondary N) is 2. The van der Waals surface area contributed by atoms with E-state index in [-0.39, 0.29) is 16.9 Å². The summed E-state index contributed by atoms with van der Waals surface area (Å²) in [7, 11) is -2.37. The van der Waals surface area contributed by atoms with E-state index in [2.05, 4.69) is 10.6 Å². The molecule has 8 nitrogen and oxygen atoms in total. The van der Waals surface area contributed by atoms with E-state index >= 15 is 0 Å². The lowest BCUT2D eigenvalue weighted by Gasteiger charge is -2.22. The fourth-order valence-electron chi connectivity index (χ4n) is 2.66. The van der Waals surface area contributed by atoms with Crippen molar-refractivity contribution in [2.45, 2.75) is 6.42 Å². The first-order valence-corrected chi connectivity index (χ1v) is 11.0. The van der Waals surface area contributed by atoms with Crippen molar-refractivity contribution in [3.63, 3.8) is 0 Å². The van der Waals surface area contributed by atoms with Crippen LogP contribution < -0.4 is 14.9 Å². The van der Waals surface area contributed by atoms with Crippen LogP contribution in [0.3, 0.4) is 0 Å². The second kappa shape index (κ2) is 10.7. The van der Waals surface area contributed by atoms with Crippen molar-refractivity contribution >= 4 is 33.2 Å². The summed E-state index contributed by atoms with van der Waals surface area (Å²) in [5, 5.41) is 5.25. The maximum absolute atomic E-state index is 14.1. The van der Waals surface area contributed by atoms with Gasteiger partial charge in [0.2, 0.25) is 15.9 Å². The van der Waals surface area contributed by atoms with E-state index in [1.807, 2.05) is 0 Å². The monoisotopic (exact) mass is 437 g/mol. The SMILES string of the molecule is COCCCNC(=O)c1ccccc1NC(=O)CN(c1ccccc1F)S(C)(=O)=O. The number of hydrogen-bond acceptors (Lipinski definition) is 5. The van der Waals surface area contributed by atoms with Crippen molar-refractivity contribution in [2.24, 2.45) is 0 Å². The van der Waals surface area contributed by atoms with Crippen molar-refractivity contribution in [2.75, 3.05) is 42.7 Å². The van der Waals surface area contributed by atoms with E-state index in [0.29, 0.717) is 23.9 Å². The van der Waals surface area contributed by atoms with E-state index in [4.69, 9.17) is 4.74 Å². The molecule has 0 aliphatic heterocycles. The molecule has 162 valence electrons. The van der Waals surface area contributed by atoms with Crippen LogP contribution in [-0.2, 0) is 19.6 Å². The van der Waals surface area contributed by atoms with E-state index in [9.17, 15) is 22.4 Å². The first-order chi connectivity index (χ1) is 14.2.